The molecule has 0 fully saturated rings. The number of benzene rings is 2. The SMILES string of the molecule is C=C(/C=N\C(N)=C(/N)c1nnc(-c2ccccc2)o1)c1cccc(NS(C)(=O)=O)c1. The maximum absolute atomic E-state index is 11.4. The van der Waals surface area contributed by atoms with Crippen molar-refractivity contribution in [2.45, 2.75) is 0 Å². The fourth-order valence-electron chi connectivity index (χ4n) is 2.43. The summed E-state index contributed by atoms with van der Waals surface area (Å²) < 4.78 is 30.7. The lowest BCUT2D eigenvalue weighted by Gasteiger charge is -2.06. The zero-order valence-electron chi connectivity index (χ0n) is 16.1. The van der Waals surface area contributed by atoms with E-state index < -0.39 is 10.0 Å². The first-order chi connectivity index (χ1) is 14.2. The van der Waals surface area contributed by atoms with E-state index in [1.807, 2.05) is 30.3 Å². The van der Waals surface area contributed by atoms with Crippen molar-refractivity contribution in [3.63, 3.8) is 0 Å². The predicted molar refractivity (Wildman–Crippen MR) is 117 cm³/mol. The molecule has 1 aromatic heterocycles. The van der Waals surface area contributed by atoms with Crippen molar-refractivity contribution in [3.8, 4) is 11.5 Å². The summed E-state index contributed by atoms with van der Waals surface area (Å²) in [6, 6.07) is 15.9. The van der Waals surface area contributed by atoms with Gasteiger partial charge in [0.15, 0.2) is 5.82 Å². The van der Waals surface area contributed by atoms with Gasteiger partial charge in [0.1, 0.15) is 5.70 Å². The van der Waals surface area contributed by atoms with Crippen molar-refractivity contribution < 1.29 is 12.8 Å². The van der Waals surface area contributed by atoms with E-state index in [4.69, 9.17) is 15.9 Å². The Morgan fingerprint density at radius 2 is 1.87 bits per heavy atom. The molecule has 0 radical (unpaired) electrons. The van der Waals surface area contributed by atoms with Crippen LogP contribution in [0.1, 0.15) is 11.5 Å². The molecule has 2 aromatic carbocycles. The van der Waals surface area contributed by atoms with Crippen molar-refractivity contribution in [1.29, 1.82) is 0 Å². The lowest BCUT2D eigenvalue weighted by atomic mass is 10.1. The lowest BCUT2D eigenvalue weighted by molar-refractivity contribution is 0.551. The molecule has 0 atom stereocenters. The third-order valence-corrected chi connectivity index (χ3v) is 4.45. The summed E-state index contributed by atoms with van der Waals surface area (Å²) in [5.41, 5.74) is 14.3. The number of aliphatic imine (C=N–C) groups is 1. The molecule has 0 aliphatic rings. The molecule has 0 saturated heterocycles. The molecule has 0 saturated carbocycles. The van der Waals surface area contributed by atoms with E-state index in [1.54, 1.807) is 24.3 Å². The summed E-state index contributed by atoms with van der Waals surface area (Å²) >= 11 is 0. The van der Waals surface area contributed by atoms with Crippen LogP contribution in [0, 0.1) is 0 Å². The summed E-state index contributed by atoms with van der Waals surface area (Å²) in [7, 11) is -3.39. The molecule has 30 heavy (non-hydrogen) atoms. The van der Waals surface area contributed by atoms with Crippen LogP contribution in [-0.2, 0) is 10.0 Å². The van der Waals surface area contributed by atoms with Gasteiger partial charge in [-0.2, -0.15) is 0 Å². The van der Waals surface area contributed by atoms with Gasteiger partial charge < -0.3 is 15.9 Å². The number of hydrogen-bond acceptors (Lipinski definition) is 8. The lowest BCUT2D eigenvalue weighted by Crippen LogP contribution is -2.09. The fraction of sp³-hybridized carbons (Fsp3) is 0.0500. The number of aromatic nitrogens is 2. The number of rotatable bonds is 7. The Morgan fingerprint density at radius 3 is 2.57 bits per heavy atom. The number of nitrogens with two attached hydrogens (primary N) is 2. The third-order valence-electron chi connectivity index (χ3n) is 3.85. The van der Waals surface area contributed by atoms with E-state index in [1.165, 1.54) is 6.21 Å². The average molecular weight is 424 g/mol. The topological polar surface area (TPSA) is 149 Å². The minimum Gasteiger partial charge on any atom is -0.415 e. The molecule has 0 spiro atoms. The van der Waals surface area contributed by atoms with Crippen LogP contribution in [0.15, 0.2) is 76.4 Å². The molecule has 3 rings (SSSR count). The Labute approximate surface area is 173 Å². The molecule has 5 N–H and O–H groups in total. The van der Waals surface area contributed by atoms with Gasteiger partial charge in [-0.25, -0.2) is 13.4 Å². The second-order valence-corrected chi connectivity index (χ2v) is 8.06. The molecular formula is C20H20N6O3S. The molecule has 0 aliphatic carbocycles. The van der Waals surface area contributed by atoms with Gasteiger partial charge in [-0.05, 0) is 35.4 Å². The molecule has 0 amide bonds. The Balaban J connectivity index is 1.77. The zero-order chi connectivity index (χ0) is 21.7. The first-order valence-electron chi connectivity index (χ1n) is 8.68. The largest absolute Gasteiger partial charge is 0.415 e. The average Bonchev–Trinajstić information content (AvgIpc) is 3.21. The first kappa shape index (κ1) is 20.8. The molecule has 10 heteroatoms. The second-order valence-electron chi connectivity index (χ2n) is 6.32. The third kappa shape index (κ3) is 5.32. The van der Waals surface area contributed by atoms with Gasteiger partial charge >= 0.3 is 0 Å². The number of allylic oxidation sites excluding steroid dienone is 1. The highest BCUT2D eigenvalue weighted by Gasteiger charge is 2.13. The van der Waals surface area contributed by atoms with Gasteiger partial charge in [0.25, 0.3) is 5.89 Å². The van der Waals surface area contributed by atoms with Crippen LogP contribution in [0.25, 0.3) is 22.7 Å². The molecule has 3 aromatic rings. The van der Waals surface area contributed by atoms with Crippen LogP contribution in [0.5, 0.6) is 0 Å². The predicted octanol–water partition coefficient (Wildman–Crippen LogP) is 2.44. The molecule has 154 valence electrons. The van der Waals surface area contributed by atoms with Crippen molar-refractivity contribution in [2.24, 2.45) is 16.5 Å². The van der Waals surface area contributed by atoms with Crippen LogP contribution in [0.4, 0.5) is 5.69 Å². The van der Waals surface area contributed by atoms with Gasteiger partial charge in [0, 0.05) is 17.5 Å². The van der Waals surface area contributed by atoms with Gasteiger partial charge in [0.05, 0.1) is 6.26 Å². The summed E-state index contributed by atoms with van der Waals surface area (Å²) in [5, 5.41) is 7.86. The van der Waals surface area contributed by atoms with Crippen LogP contribution in [-0.4, -0.2) is 31.1 Å². The van der Waals surface area contributed by atoms with Gasteiger partial charge in [-0.15, -0.1) is 10.2 Å². The first-order valence-corrected chi connectivity index (χ1v) is 10.6. The number of nitrogens with one attached hydrogen (secondary N) is 1. The summed E-state index contributed by atoms with van der Waals surface area (Å²) in [6.07, 6.45) is 2.49. The number of sulfonamides is 1. The second kappa shape index (κ2) is 8.62. The molecule has 0 aliphatic heterocycles. The highest BCUT2D eigenvalue weighted by Crippen LogP contribution is 2.20. The highest BCUT2D eigenvalue weighted by atomic mass is 32.2. The van der Waals surface area contributed by atoms with Gasteiger partial charge in [0.2, 0.25) is 15.9 Å². The summed E-state index contributed by atoms with van der Waals surface area (Å²) in [6.45, 7) is 3.91. The van der Waals surface area contributed by atoms with Crippen LogP contribution in [0.2, 0.25) is 0 Å². The van der Waals surface area contributed by atoms with Crippen molar-refractivity contribution in [3.05, 3.63) is 78.5 Å². The fourth-order valence-corrected chi connectivity index (χ4v) is 2.98. The summed E-state index contributed by atoms with van der Waals surface area (Å²) in [4.78, 5) is 4.10. The number of hydrogen-bond donors (Lipinski definition) is 3. The van der Waals surface area contributed by atoms with Gasteiger partial charge in [-0.1, -0.05) is 36.9 Å². The Morgan fingerprint density at radius 1 is 1.13 bits per heavy atom. The molecule has 1 heterocycles. The van der Waals surface area contributed by atoms with E-state index in [2.05, 4.69) is 26.5 Å². The molecule has 9 nitrogen and oxygen atoms in total. The standard InChI is InChI=1S/C20H20N6O3S/c1-13(15-9-6-10-16(11-15)26-30(2,27)28)12-23-18(22)17(21)20-25-24-19(29-20)14-7-4-3-5-8-14/h3-12,26H,1,21-22H2,2H3/b18-17-,23-12-. The van der Waals surface area contributed by atoms with E-state index in [0.717, 1.165) is 11.8 Å². The van der Waals surface area contributed by atoms with Crippen molar-refractivity contribution in [2.75, 3.05) is 11.0 Å². The Kier molecular flexibility index (Phi) is 5.98. The monoisotopic (exact) mass is 424 g/mol. The maximum atomic E-state index is 11.4. The van der Waals surface area contributed by atoms with E-state index in [-0.39, 0.29) is 17.4 Å². The zero-order valence-corrected chi connectivity index (χ0v) is 16.9. The van der Waals surface area contributed by atoms with E-state index in [0.29, 0.717) is 22.7 Å². The maximum Gasteiger partial charge on any atom is 0.267 e. The molecule has 0 bridgehead atoms. The Hall–Kier alpha value is -3.92. The number of anilines is 1. The number of nitrogens with zero attached hydrogens (tertiary/aromatic N) is 3. The minimum absolute atomic E-state index is 0.0233. The quantitative estimate of drug-likeness (QED) is 0.493. The smallest absolute Gasteiger partial charge is 0.267 e. The normalized spacial score (nSPS) is 12.6. The Bertz CT molecular complexity index is 1230. The summed E-state index contributed by atoms with van der Waals surface area (Å²) in [5.74, 6) is 0.336. The molecule has 0 unspecified atom stereocenters. The van der Waals surface area contributed by atoms with Gasteiger partial charge in [-0.3, -0.25) is 4.72 Å². The van der Waals surface area contributed by atoms with E-state index >= 15 is 0 Å². The van der Waals surface area contributed by atoms with Crippen LogP contribution < -0.4 is 16.2 Å². The van der Waals surface area contributed by atoms with Crippen LogP contribution >= 0.6 is 0 Å². The van der Waals surface area contributed by atoms with Crippen LogP contribution in [0.3, 0.4) is 0 Å². The van der Waals surface area contributed by atoms with E-state index in [9.17, 15) is 8.42 Å². The van der Waals surface area contributed by atoms with Crippen molar-refractivity contribution >= 4 is 33.2 Å². The molecular weight excluding hydrogens is 404 g/mol. The van der Waals surface area contributed by atoms with Crippen molar-refractivity contribution in [1.82, 2.24) is 10.2 Å². The highest BCUT2D eigenvalue weighted by molar-refractivity contribution is 7.92. The minimum atomic E-state index is -3.39.